The maximum absolute atomic E-state index is 12.2. The summed E-state index contributed by atoms with van der Waals surface area (Å²) in [7, 11) is 0. The lowest BCUT2D eigenvalue weighted by Crippen LogP contribution is -2.12. The highest BCUT2D eigenvalue weighted by Crippen LogP contribution is 2.21. The molecule has 0 unspecified atom stereocenters. The zero-order chi connectivity index (χ0) is 18.1. The number of hydrogen-bond donors (Lipinski definition) is 0. The molecule has 26 heavy (non-hydrogen) atoms. The van der Waals surface area contributed by atoms with Gasteiger partial charge in [-0.05, 0) is 48.5 Å². The van der Waals surface area contributed by atoms with Gasteiger partial charge in [-0.25, -0.2) is 4.68 Å². The van der Waals surface area contributed by atoms with E-state index in [1.807, 2.05) is 0 Å². The van der Waals surface area contributed by atoms with Gasteiger partial charge in [0.05, 0.1) is 5.69 Å². The molecule has 0 fully saturated rings. The molecule has 4 rings (SSSR count). The molecular weight excluding hydrogens is 375 g/mol. The van der Waals surface area contributed by atoms with Crippen molar-refractivity contribution in [1.82, 2.24) is 19.9 Å². The Morgan fingerprint density at radius 1 is 0.885 bits per heavy atom. The molecule has 0 radical (unpaired) electrons. The molecule has 0 N–H and O–H groups in total. The van der Waals surface area contributed by atoms with E-state index < -0.39 is 0 Å². The van der Waals surface area contributed by atoms with E-state index in [1.54, 1.807) is 59.4 Å². The fourth-order valence-corrected chi connectivity index (χ4v) is 2.58. The van der Waals surface area contributed by atoms with Crippen molar-refractivity contribution < 1.29 is 4.52 Å². The van der Waals surface area contributed by atoms with Crippen LogP contribution in [-0.2, 0) is 0 Å². The fraction of sp³-hybridized carbons (Fsp3) is 0. The predicted molar refractivity (Wildman–Crippen MR) is 98.6 cm³/mol. The molecule has 4 aromatic rings. The van der Waals surface area contributed by atoms with Crippen LogP contribution in [-0.4, -0.2) is 19.9 Å². The average molecular weight is 385 g/mol. The molecule has 2 aromatic carbocycles. The molecule has 0 aliphatic heterocycles. The van der Waals surface area contributed by atoms with Crippen LogP contribution < -0.4 is 5.43 Å². The smallest absolute Gasteiger partial charge is 0.282 e. The van der Waals surface area contributed by atoms with Crippen molar-refractivity contribution in [2.24, 2.45) is 0 Å². The van der Waals surface area contributed by atoms with Crippen molar-refractivity contribution in [1.29, 1.82) is 0 Å². The first-order valence-electron chi connectivity index (χ1n) is 7.56. The standard InChI is InChI=1S/C18H10Cl2N4O2/c19-12-3-1-11(2-4-12)17-21-18(26-23-17)16-15(25)9-10-24(22-16)14-7-5-13(20)6-8-14/h1-10H. The van der Waals surface area contributed by atoms with Crippen LogP contribution >= 0.6 is 23.2 Å². The number of aromatic nitrogens is 4. The van der Waals surface area contributed by atoms with E-state index in [9.17, 15) is 4.79 Å². The Balaban J connectivity index is 1.74. The van der Waals surface area contributed by atoms with Crippen molar-refractivity contribution in [2.45, 2.75) is 0 Å². The fourth-order valence-electron chi connectivity index (χ4n) is 2.33. The summed E-state index contributed by atoms with van der Waals surface area (Å²) in [6.07, 6.45) is 1.56. The lowest BCUT2D eigenvalue weighted by atomic mass is 10.2. The predicted octanol–water partition coefficient (Wildman–Crippen LogP) is 4.26. The Morgan fingerprint density at radius 2 is 1.54 bits per heavy atom. The van der Waals surface area contributed by atoms with Gasteiger partial charge in [-0.15, -0.1) is 0 Å². The maximum Gasteiger partial charge on any atom is 0.282 e. The summed E-state index contributed by atoms with van der Waals surface area (Å²) in [4.78, 5) is 16.5. The van der Waals surface area contributed by atoms with Crippen LogP contribution in [0.25, 0.3) is 28.7 Å². The second-order valence-corrected chi connectivity index (χ2v) is 6.25. The van der Waals surface area contributed by atoms with Crippen LogP contribution in [0.3, 0.4) is 0 Å². The number of benzene rings is 2. The summed E-state index contributed by atoms with van der Waals surface area (Å²) in [6.45, 7) is 0. The van der Waals surface area contributed by atoms with Gasteiger partial charge in [-0.2, -0.15) is 10.1 Å². The molecule has 128 valence electrons. The molecule has 2 heterocycles. The topological polar surface area (TPSA) is 73.8 Å². The van der Waals surface area contributed by atoms with Crippen LogP contribution in [0, 0.1) is 0 Å². The van der Waals surface area contributed by atoms with Gasteiger partial charge in [0, 0.05) is 27.9 Å². The van der Waals surface area contributed by atoms with Crippen LogP contribution in [0.5, 0.6) is 0 Å². The van der Waals surface area contributed by atoms with Gasteiger partial charge < -0.3 is 4.52 Å². The van der Waals surface area contributed by atoms with Gasteiger partial charge >= 0.3 is 0 Å². The van der Waals surface area contributed by atoms with Crippen LogP contribution in [0.2, 0.25) is 10.0 Å². The van der Waals surface area contributed by atoms with Crippen LogP contribution in [0.15, 0.2) is 70.1 Å². The summed E-state index contributed by atoms with van der Waals surface area (Å²) >= 11 is 11.8. The lowest BCUT2D eigenvalue weighted by Gasteiger charge is -2.05. The van der Waals surface area contributed by atoms with E-state index in [0.29, 0.717) is 15.9 Å². The first kappa shape index (κ1) is 16.5. The van der Waals surface area contributed by atoms with E-state index in [0.717, 1.165) is 11.3 Å². The van der Waals surface area contributed by atoms with Gasteiger partial charge in [-0.3, -0.25) is 4.79 Å². The van der Waals surface area contributed by atoms with Gasteiger partial charge in [0.2, 0.25) is 11.3 Å². The molecule has 2 aromatic heterocycles. The highest BCUT2D eigenvalue weighted by Gasteiger charge is 2.16. The third kappa shape index (κ3) is 3.24. The molecule has 0 saturated heterocycles. The Kier molecular flexibility index (Phi) is 4.28. The molecule has 8 heteroatoms. The Morgan fingerprint density at radius 3 is 2.23 bits per heavy atom. The number of halogens is 2. The largest absolute Gasteiger partial charge is 0.332 e. The SMILES string of the molecule is O=c1ccn(-c2ccc(Cl)cc2)nc1-c1nc(-c2ccc(Cl)cc2)no1. The van der Waals surface area contributed by atoms with Crippen LogP contribution in [0.4, 0.5) is 0 Å². The summed E-state index contributed by atoms with van der Waals surface area (Å²) in [6, 6.07) is 15.4. The zero-order valence-electron chi connectivity index (χ0n) is 13.1. The number of rotatable bonds is 3. The summed E-state index contributed by atoms with van der Waals surface area (Å²) in [5.41, 5.74) is 1.21. The molecule has 0 amide bonds. The summed E-state index contributed by atoms with van der Waals surface area (Å²) < 4.78 is 6.78. The van der Waals surface area contributed by atoms with E-state index >= 15 is 0 Å². The van der Waals surface area contributed by atoms with Crippen molar-refractivity contribution in [3.05, 3.63) is 81.1 Å². The third-order valence-electron chi connectivity index (χ3n) is 3.63. The minimum Gasteiger partial charge on any atom is -0.332 e. The molecule has 0 bridgehead atoms. The molecule has 0 spiro atoms. The van der Waals surface area contributed by atoms with Gasteiger partial charge in [0.15, 0.2) is 5.69 Å². The quantitative estimate of drug-likeness (QED) is 0.527. The van der Waals surface area contributed by atoms with Crippen LogP contribution in [0.1, 0.15) is 0 Å². The van der Waals surface area contributed by atoms with E-state index in [2.05, 4.69) is 15.2 Å². The molecular formula is C18H10Cl2N4O2. The van der Waals surface area contributed by atoms with E-state index in [4.69, 9.17) is 27.7 Å². The van der Waals surface area contributed by atoms with Crippen molar-refractivity contribution in [3.63, 3.8) is 0 Å². The van der Waals surface area contributed by atoms with Crippen molar-refractivity contribution in [2.75, 3.05) is 0 Å². The van der Waals surface area contributed by atoms with E-state index in [-0.39, 0.29) is 17.0 Å². The van der Waals surface area contributed by atoms with E-state index in [1.165, 1.54) is 6.07 Å². The highest BCUT2D eigenvalue weighted by molar-refractivity contribution is 6.30. The molecule has 6 nitrogen and oxygen atoms in total. The second kappa shape index (κ2) is 6.74. The Hall–Kier alpha value is -2.96. The molecule has 0 aliphatic rings. The third-order valence-corrected chi connectivity index (χ3v) is 4.13. The lowest BCUT2D eigenvalue weighted by molar-refractivity contribution is 0.429. The van der Waals surface area contributed by atoms with Crippen molar-refractivity contribution in [3.8, 4) is 28.7 Å². The molecule has 0 aliphatic carbocycles. The normalized spacial score (nSPS) is 10.8. The van der Waals surface area contributed by atoms with Gasteiger partial charge in [0.25, 0.3) is 5.89 Å². The monoisotopic (exact) mass is 384 g/mol. The Bertz CT molecular complexity index is 1120. The summed E-state index contributed by atoms with van der Waals surface area (Å²) in [5, 5.41) is 9.44. The first-order chi connectivity index (χ1) is 12.6. The highest BCUT2D eigenvalue weighted by atomic mass is 35.5. The Labute approximate surface area is 157 Å². The minimum atomic E-state index is -0.318. The first-order valence-corrected chi connectivity index (χ1v) is 8.32. The zero-order valence-corrected chi connectivity index (χ0v) is 14.6. The molecule has 0 saturated carbocycles. The maximum atomic E-state index is 12.2. The van der Waals surface area contributed by atoms with Crippen molar-refractivity contribution >= 4 is 23.2 Å². The van der Waals surface area contributed by atoms with Gasteiger partial charge in [0.1, 0.15) is 0 Å². The number of nitrogens with zero attached hydrogens (tertiary/aromatic N) is 4. The van der Waals surface area contributed by atoms with Gasteiger partial charge in [-0.1, -0.05) is 28.4 Å². The summed E-state index contributed by atoms with van der Waals surface area (Å²) in [5.74, 6) is 0.392. The minimum absolute atomic E-state index is 0.0447. The number of hydrogen-bond acceptors (Lipinski definition) is 5. The second-order valence-electron chi connectivity index (χ2n) is 5.38. The average Bonchev–Trinajstić information content (AvgIpc) is 3.13. The molecule has 0 atom stereocenters.